The van der Waals surface area contributed by atoms with E-state index in [2.05, 4.69) is 38.7 Å². The first-order chi connectivity index (χ1) is 15.8. The third-order valence-corrected chi connectivity index (χ3v) is 5.46. The Balaban J connectivity index is 1.91. The molecule has 2 aromatic heterocycles. The van der Waals surface area contributed by atoms with Crippen LogP contribution in [0.15, 0.2) is 53.8 Å². The fourth-order valence-corrected chi connectivity index (χ4v) is 3.69. The fourth-order valence-electron chi connectivity index (χ4n) is 3.69. The average Bonchev–Trinajstić information content (AvgIpc) is 2.79. The summed E-state index contributed by atoms with van der Waals surface area (Å²) in [6, 6.07) is 9.05. The predicted molar refractivity (Wildman–Crippen MR) is 130 cm³/mol. The van der Waals surface area contributed by atoms with E-state index in [0.29, 0.717) is 18.2 Å². The van der Waals surface area contributed by atoms with Crippen LogP contribution < -0.4 is 10.6 Å². The number of hydrogen-bond acceptors (Lipinski definition) is 7. The summed E-state index contributed by atoms with van der Waals surface area (Å²) in [6.45, 7) is 4.43. The summed E-state index contributed by atoms with van der Waals surface area (Å²) in [5.74, 6) is 0.214. The van der Waals surface area contributed by atoms with Crippen LogP contribution in [0.25, 0.3) is 11.3 Å². The summed E-state index contributed by atoms with van der Waals surface area (Å²) >= 11 is 0. The molecule has 0 fully saturated rings. The topological polar surface area (TPSA) is 103 Å². The molecule has 176 valence electrons. The molecule has 4 rings (SSSR count). The largest absolute Gasteiger partial charge is 0.373 e. The molecule has 2 aliphatic rings. The van der Waals surface area contributed by atoms with E-state index in [1.54, 1.807) is 32.1 Å². The first-order valence-electron chi connectivity index (χ1n) is 11.4. The fraction of sp³-hybridized carbons (Fsp3) is 0.440. The van der Waals surface area contributed by atoms with Gasteiger partial charge in [-0.3, -0.25) is 15.1 Å². The van der Waals surface area contributed by atoms with Crippen LogP contribution in [0.5, 0.6) is 0 Å². The molecule has 3 atom stereocenters. The van der Waals surface area contributed by atoms with E-state index in [9.17, 15) is 9.90 Å². The normalized spacial score (nSPS) is 24.8. The molecule has 8 heteroatoms. The molecule has 0 spiro atoms. The van der Waals surface area contributed by atoms with Gasteiger partial charge in [0.25, 0.3) is 5.91 Å². The highest BCUT2D eigenvalue weighted by Gasteiger charge is 2.23. The summed E-state index contributed by atoms with van der Waals surface area (Å²) in [5, 5.41) is 22.6. The summed E-state index contributed by atoms with van der Waals surface area (Å²) in [4.78, 5) is 22.0. The van der Waals surface area contributed by atoms with Crippen molar-refractivity contribution in [3.8, 4) is 11.3 Å². The molecule has 3 N–H and O–H groups in total. The number of hydrazone groups is 1. The maximum Gasteiger partial charge on any atom is 0.269 e. The van der Waals surface area contributed by atoms with Crippen molar-refractivity contribution in [2.45, 2.75) is 45.4 Å². The Hall–Kier alpha value is -3.10. The molecule has 8 nitrogen and oxygen atoms in total. The van der Waals surface area contributed by atoms with Crippen LogP contribution in [0.2, 0.25) is 0 Å². The molecule has 0 aromatic carbocycles. The van der Waals surface area contributed by atoms with Crippen LogP contribution in [0.3, 0.4) is 0 Å². The summed E-state index contributed by atoms with van der Waals surface area (Å²) in [7, 11) is 3.51. The number of amides is 1. The van der Waals surface area contributed by atoms with Gasteiger partial charge in [0.15, 0.2) is 0 Å². The monoisotopic (exact) mass is 450 g/mol. The van der Waals surface area contributed by atoms with E-state index in [4.69, 9.17) is 0 Å². The molecule has 4 heterocycles. The molecule has 2 unspecified atom stereocenters. The maximum atomic E-state index is 12.8. The van der Waals surface area contributed by atoms with Gasteiger partial charge in [0.2, 0.25) is 0 Å². The minimum Gasteiger partial charge on any atom is -0.373 e. The van der Waals surface area contributed by atoms with E-state index >= 15 is 0 Å². The number of aliphatic hydroxyl groups is 1. The van der Waals surface area contributed by atoms with Gasteiger partial charge in [-0.2, -0.15) is 5.10 Å². The third kappa shape index (κ3) is 7.20. The lowest BCUT2D eigenvalue weighted by Crippen LogP contribution is -2.46. The average molecular weight is 451 g/mol. The van der Waals surface area contributed by atoms with Crippen molar-refractivity contribution in [2.24, 2.45) is 11.0 Å². The van der Waals surface area contributed by atoms with Gasteiger partial charge in [0.1, 0.15) is 11.9 Å². The zero-order valence-electron chi connectivity index (χ0n) is 19.8. The highest BCUT2D eigenvalue weighted by molar-refractivity contribution is 6.40. The maximum absolute atomic E-state index is 12.8. The lowest BCUT2D eigenvalue weighted by molar-refractivity contribution is -0.114. The van der Waals surface area contributed by atoms with Crippen LogP contribution in [0.1, 0.15) is 44.3 Å². The second-order valence-electron chi connectivity index (χ2n) is 8.68. The highest BCUT2D eigenvalue weighted by Crippen LogP contribution is 2.20. The summed E-state index contributed by atoms with van der Waals surface area (Å²) in [5.41, 5.74) is 3.41. The molecule has 33 heavy (non-hydrogen) atoms. The quantitative estimate of drug-likeness (QED) is 0.456. The summed E-state index contributed by atoms with van der Waals surface area (Å²) < 4.78 is 0. The smallest absolute Gasteiger partial charge is 0.269 e. The van der Waals surface area contributed by atoms with Crippen molar-refractivity contribution in [3.63, 3.8) is 0 Å². The number of carbonyl (C=O) groups is 1. The van der Waals surface area contributed by atoms with Crippen molar-refractivity contribution in [1.82, 2.24) is 25.6 Å². The highest BCUT2D eigenvalue weighted by atomic mass is 16.3. The molecule has 0 radical (unpaired) electrons. The summed E-state index contributed by atoms with van der Waals surface area (Å²) in [6.07, 6.45) is 7.71. The number of rotatable bonds is 1. The molecule has 2 aromatic rings. The van der Waals surface area contributed by atoms with E-state index in [-0.39, 0.29) is 11.6 Å². The van der Waals surface area contributed by atoms with Gasteiger partial charge in [-0.15, -0.1) is 0 Å². The molecular weight excluding hydrogens is 416 g/mol. The van der Waals surface area contributed by atoms with Gasteiger partial charge in [0, 0.05) is 38.1 Å². The number of nitrogens with one attached hydrogen (secondary N) is 2. The Bertz CT molecular complexity index is 987. The molecule has 2 aliphatic heterocycles. The van der Waals surface area contributed by atoms with Gasteiger partial charge >= 0.3 is 0 Å². The van der Waals surface area contributed by atoms with E-state index in [0.717, 1.165) is 36.2 Å². The number of fused-ring (bicyclic) bond motifs is 13. The SMILES string of the molecule is CC1NC(O)c2cccc(n2)-c2ccc(nc2)C[C@H](C)CC/C=C/CNC(=O)/C1=N/N(C)C. The van der Waals surface area contributed by atoms with E-state index in [1.807, 2.05) is 36.5 Å². The van der Waals surface area contributed by atoms with E-state index < -0.39 is 12.3 Å². The minimum atomic E-state index is -1.07. The van der Waals surface area contributed by atoms with Gasteiger partial charge in [-0.1, -0.05) is 25.1 Å². The second-order valence-corrected chi connectivity index (χ2v) is 8.68. The molecule has 1 amide bonds. The van der Waals surface area contributed by atoms with Crippen molar-refractivity contribution in [3.05, 3.63) is 60.1 Å². The Labute approximate surface area is 195 Å². The lowest BCUT2D eigenvalue weighted by atomic mass is 9.99. The van der Waals surface area contributed by atoms with Gasteiger partial charge in [-0.25, -0.2) is 4.98 Å². The second kappa shape index (κ2) is 11.7. The predicted octanol–water partition coefficient (Wildman–Crippen LogP) is 2.68. The lowest BCUT2D eigenvalue weighted by Gasteiger charge is -2.21. The van der Waals surface area contributed by atoms with E-state index in [1.165, 1.54) is 0 Å². The van der Waals surface area contributed by atoms with Crippen molar-refractivity contribution < 1.29 is 9.90 Å². The standard InChI is InChI=1S/C25H34N6O2/c1-17-9-6-5-7-14-26-25(33)23(30-31(3)4)18(2)28-24(32)22-11-8-10-21(29-22)19-12-13-20(15-17)27-16-19/h5,7-8,10-13,16-18,24,28,32H,6,9,14-15H2,1-4H3,(H,26,33)/b7-5+,30-23+/t17-,18?,24?/m1/s1. The van der Waals surface area contributed by atoms with Gasteiger partial charge < -0.3 is 15.4 Å². The first kappa shape index (κ1) is 24.5. The molecular formula is C25H34N6O2. The molecule has 0 saturated carbocycles. The number of nitrogens with zero attached hydrogens (tertiary/aromatic N) is 4. The Kier molecular flexibility index (Phi) is 8.68. The van der Waals surface area contributed by atoms with Crippen molar-refractivity contribution >= 4 is 11.6 Å². The molecule has 0 saturated heterocycles. The van der Waals surface area contributed by atoms with Gasteiger partial charge in [0.05, 0.1) is 17.4 Å². The Morgan fingerprint density at radius 1 is 1.15 bits per heavy atom. The zero-order valence-corrected chi connectivity index (χ0v) is 19.8. The van der Waals surface area contributed by atoms with Gasteiger partial charge in [-0.05, 0) is 56.4 Å². The number of pyridine rings is 2. The number of hydrogen-bond donors (Lipinski definition) is 3. The molecule has 4 bridgehead atoms. The zero-order chi connectivity index (χ0) is 23.8. The molecule has 0 aliphatic carbocycles. The first-order valence-corrected chi connectivity index (χ1v) is 11.4. The number of aliphatic hydroxyl groups excluding tert-OH is 1. The van der Waals surface area contributed by atoms with Crippen LogP contribution in [0, 0.1) is 5.92 Å². The van der Waals surface area contributed by atoms with Crippen LogP contribution >= 0.6 is 0 Å². The number of allylic oxidation sites excluding steroid dienone is 1. The van der Waals surface area contributed by atoms with Crippen LogP contribution in [-0.4, -0.2) is 58.4 Å². The Morgan fingerprint density at radius 2 is 1.97 bits per heavy atom. The number of aromatic nitrogens is 2. The van der Waals surface area contributed by atoms with Crippen molar-refractivity contribution in [2.75, 3.05) is 20.6 Å². The van der Waals surface area contributed by atoms with Crippen LogP contribution in [-0.2, 0) is 11.2 Å². The Morgan fingerprint density at radius 3 is 2.70 bits per heavy atom. The third-order valence-electron chi connectivity index (χ3n) is 5.46. The number of carbonyl (C=O) groups excluding carboxylic acids is 1. The van der Waals surface area contributed by atoms with Crippen LogP contribution in [0.4, 0.5) is 0 Å². The minimum absolute atomic E-state index is 0.282. The van der Waals surface area contributed by atoms with Crippen molar-refractivity contribution in [1.29, 1.82) is 0 Å².